The predicted octanol–water partition coefficient (Wildman–Crippen LogP) is -0.0516. The van der Waals surface area contributed by atoms with Gasteiger partial charge in [-0.1, -0.05) is 19.0 Å². The number of hydrogen-bond acceptors (Lipinski definition) is 3. The van der Waals surface area contributed by atoms with Crippen LogP contribution in [-0.4, -0.2) is 26.9 Å². The highest BCUT2D eigenvalue weighted by Gasteiger charge is 2.09. The summed E-state index contributed by atoms with van der Waals surface area (Å²) in [4.78, 5) is 14.4. The Hall–Kier alpha value is -2.11. The summed E-state index contributed by atoms with van der Waals surface area (Å²) >= 11 is 0. The third-order valence-corrected chi connectivity index (χ3v) is 2.56. The lowest BCUT2D eigenvalue weighted by Crippen LogP contribution is -2.22. The van der Waals surface area contributed by atoms with Gasteiger partial charge in [-0.3, -0.25) is 14.2 Å². The van der Waals surface area contributed by atoms with E-state index in [1.807, 2.05) is 36.7 Å². The fourth-order valence-corrected chi connectivity index (χ4v) is 1.83. The van der Waals surface area contributed by atoms with E-state index in [0.717, 1.165) is 11.2 Å². The van der Waals surface area contributed by atoms with Gasteiger partial charge in [0, 0.05) is 0 Å². The van der Waals surface area contributed by atoms with E-state index in [-0.39, 0.29) is 5.56 Å². The molecule has 77 valence electrons. The zero-order valence-electron chi connectivity index (χ0n) is 8.64. The summed E-state index contributed by atoms with van der Waals surface area (Å²) in [5, 5.41) is 8.56. The van der Waals surface area contributed by atoms with Crippen molar-refractivity contribution < 1.29 is 0 Å². The van der Waals surface area contributed by atoms with E-state index in [1.54, 1.807) is 6.07 Å². The van der Waals surface area contributed by atoms with Gasteiger partial charge < -0.3 is 0 Å². The van der Waals surface area contributed by atoms with Crippen LogP contribution in [0.2, 0.25) is 6.82 Å². The molecule has 0 aliphatic rings. The molecule has 1 radical (unpaired) electrons. The quantitative estimate of drug-likeness (QED) is 0.574. The molecule has 3 rings (SSSR count). The molecule has 1 aromatic carbocycles. The van der Waals surface area contributed by atoms with Crippen LogP contribution in [0.25, 0.3) is 16.7 Å². The zero-order chi connectivity index (χ0) is 11.1. The number of benzene rings is 1. The number of aromatic nitrogens is 4. The Morgan fingerprint density at radius 1 is 1.31 bits per heavy atom. The molecule has 5 nitrogen and oxygen atoms in total. The molecule has 0 aliphatic heterocycles. The fourth-order valence-electron chi connectivity index (χ4n) is 1.83. The zero-order valence-corrected chi connectivity index (χ0v) is 8.64. The predicted molar refractivity (Wildman–Crippen MR) is 62.4 cm³/mol. The van der Waals surface area contributed by atoms with Crippen molar-refractivity contribution in [2.75, 3.05) is 0 Å². The third kappa shape index (κ3) is 1.10. The molecule has 0 saturated heterocycles. The van der Waals surface area contributed by atoms with Crippen molar-refractivity contribution in [2.45, 2.75) is 6.82 Å². The van der Waals surface area contributed by atoms with Crippen molar-refractivity contribution in [1.29, 1.82) is 0 Å². The lowest BCUT2D eigenvalue weighted by atomic mass is 9.81. The van der Waals surface area contributed by atoms with Gasteiger partial charge in [-0.15, -0.1) is 10.2 Å². The van der Waals surface area contributed by atoms with Gasteiger partial charge >= 0.3 is 0 Å². The standard InChI is InChI=1S/C10H8BN4O/c1-11-9-13-14-10-12-8(16)6-4-2-3-5-7(6)15(9)10/h2-5H,1H3,(H,12,14,16). The monoisotopic (exact) mass is 211 g/mol. The molecule has 2 heterocycles. The van der Waals surface area contributed by atoms with E-state index in [9.17, 15) is 4.79 Å². The minimum atomic E-state index is -0.141. The third-order valence-electron chi connectivity index (χ3n) is 2.56. The van der Waals surface area contributed by atoms with Gasteiger partial charge in [0.1, 0.15) is 0 Å². The summed E-state index contributed by atoms with van der Waals surface area (Å²) in [6.45, 7) is 1.89. The van der Waals surface area contributed by atoms with E-state index in [1.165, 1.54) is 0 Å². The molecule has 0 amide bonds. The van der Waals surface area contributed by atoms with E-state index >= 15 is 0 Å². The highest BCUT2D eigenvalue weighted by Crippen LogP contribution is 2.08. The smallest absolute Gasteiger partial charge is 0.260 e. The van der Waals surface area contributed by atoms with Crippen LogP contribution in [-0.2, 0) is 0 Å². The number of nitrogens with one attached hydrogen (secondary N) is 1. The van der Waals surface area contributed by atoms with Crippen molar-refractivity contribution in [1.82, 2.24) is 19.6 Å². The fraction of sp³-hybridized carbons (Fsp3) is 0.100. The molecular weight excluding hydrogens is 203 g/mol. The van der Waals surface area contributed by atoms with Crippen LogP contribution in [0.5, 0.6) is 0 Å². The van der Waals surface area contributed by atoms with Crippen LogP contribution in [0.3, 0.4) is 0 Å². The maximum atomic E-state index is 11.7. The Balaban J connectivity index is 2.64. The van der Waals surface area contributed by atoms with Crippen LogP contribution in [0.1, 0.15) is 0 Å². The molecule has 0 atom stereocenters. The van der Waals surface area contributed by atoms with Crippen LogP contribution in [0.4, 0.5) is 0 Å². The average molecular weight is 211 g/mol. The lowest BCUT2D eigenvalue weighted by Gasteiger charge is -2.02. The summed E-state index contributed by atoms with van der Waals surface area (Å²) in [5.74, 6) is 0.469. The summed E-state index contributed by atoms with van der Waals surface area (Å²) in [7, 11) is 1.85. The molecule has 1 N–H and O–H groups in total. The minimum Gasteiger partial charge on any atom is -0.290 e. The van der Waals surface area contributed by atoms with E-state index in [2.05, 4.69) is 15.2 Å². The summed E-state index contributed by atoms with van der Waals surface area (Å²) in [6, 6.07) is 7.39. The van der Waals surface area contributed by atoms with Crippen LogP contribution < -0.4 is 11.3 Å². The summed E-state index contributed by atoms with van der Waals surface area (Å²) < 4.78 is 1.83. The van der Waals surface area contributed by atoms with Gasteiger partial charge in [0.25, 0.3) is 5.56 Å². The highest BCUT2D eigenvalue weighted by molar-refractivity contribution is 6.50. The Kier molecular flexibility index (Phi) is 1.83. The lowest BCUT2D eigenvalue weighted by molar-refractivity contribution is 1.10. The summed E-state index contributed by atoms with van der Waals surface area (Å²) in [5.41, 5.74) is 1.40. The largest absolute Gasteiger partial charge is 0.290 e. The number of fused-ring (bicyclic) bond motifs is 3. The van der Waals surface area contributed by atoms with Crippen molar-refractivity contribution in [3.8, 4) is 0 Å². The topological polar surface area (TPSA) is 63.0 Å². The summed E-state index contributed by atoms with van der Waals surface area (Å²) in [6.07, 6.45) is 0. The van der Waals surface area contributed by atoms with Crippen molar-refractivity contribution >= 4 is 29.7 Å². The minimum absolute atomic E-state index is 0.141. The Morgan fingerprint density at radius 2 is 2.12 bits per heavy atom. The van der Waals surface area contributed by atoms with Crippen molar-refractivity contribution in [3.63, 3.8) is 0 Å². The molecule has 0 spiro atoms. The number of aromatic amines is 1. The molecule has 16 heavy (non-hydrogen) atoms. The van der Waals surface area contributed by atoms with Crippen molar-refractivity contribution in [3.05, 3.63) is 34.6 Å². The second kappa shape index (κ2) is 3.20. The molecule has 0 unspecified atom stereocenters. The Morgan fingerprint density at radius 3 is 2.94 bits per heavy atom. The number of para-hydroxylation sites is 1. The Bertz CT molecular complexity index is 730. The molecule has 0 fully saturated rings. The molecule has 2 aromatic heterocycles. The molecule has 0 bridgehead atoms. The number of H-pyrrole nitrogens is 1. The van der Waals surface area contributed by atoms with Gasteiger partial charge in [-0.25, -0.2) is 0 Å². The van der Waals surface area contributed by atoms with Gasteiger partial charge in [0.05, 0.1) is 16.6 Å². The molecule has 3 aromatic rings. The van der Waals surface area contributed by atoms with Crippen molar-refractivity contribution in [2.24, 2.45) is 0 Å². The number of hydrogen-bond donors (Lipinski definition) is 1. The van der Waals surface area contributed by atoms with E-state index < -0.39 is 0 Å². The van der Waals surface area contributed by atoms with Gasteiger partial charge in [-0.05, 0) is 12.1 Å². The molecule has 0 saturated carbocycles. The van der Waals surface area contributed by atoms with Crippen LogP contribution in [0, 0.1) is 0 Å². The maximum absolute atomic E-state index is 11.7. The second-order valence-electron chi connectivity index (χ2n) is 3.48. The Labute approximate surface area is 91.4 Å². The van der Waals surface area contributed by atoms with E-state index in [0.29, 0.717) is 11.2 Å². The number of nitrogens with zero attached hydrogens (tertiary/aromatic N) is 3. The maximum Gasteiger partial charge on any atom is 0.260 e. The van der Waals surface area contributed by atoms with Gasteiger partial charge in [-0.2, -0.15) is 0 Å². The van der Waals surface area contributed by atoms with E-state index in [4.69, 9.17) is 0 Å². The van der Waals surface area contributed by atoms with Crippen LogP contribution in [0.15, 0.2) is 29.1 Å². The van der Waals surface area contributed by atoms with Gasteiger partial charge in [0.2, 0.25) is 13.1 Å². The number of rotatable bonds is 1. The average Bonchev–Trinajstić information content (AvgIpc) is 2.72. The second-order valence-corrected chi connectivity index (χ2v) is 3.48. The van der Waals surface area contributed by atoms with Gasteiger partial charge in [0.15, 0.2) is 0 Å². The molecule has 0 aliphatic carbocycles. The first kappa shape index (κ1) is 9.14. The van der Waals surface area contributed by atoms with Crippen LogP contribution >= 0.6 is 0 Å². The first-order chi connectivity index (χ1) is 7.81. The SMILES string of the molecule is C[B]c1nnc2[nH]c(=O)c3ccccc3n12. The first-order valence-corrected chi connectivity index (χ1v) is 4.97. The normalized spacial score (nSPS) is 11.1. The molecular formula is C10H8BN4O. The first-order valence-electron chi connectivity index (χ1n) is 4.97. The molecule has 6 heteroatoms. The highest BCUT2D eigenvalue weighted by atomic mass is 16.1.